The molecular formula is C39H80. The van der Waals surface area contributed by atoms with Crippen molar-refractivity contribution in [1.29, 1.82) is 0 Å². The molecule has 0 saturated carbocycles. The van der Waals surface area contributed by atoms with Gasteiger partial charge in [0.25, 0.3) is 0 Å². The van der Waals surface area contributed by atoms with Crippen LogP contribution in [0.5, 0.6) is 0 Å². The van der Waals surface area contributed by atoms with Crippen LogP contribution in [0.25, 0.3) is 0 Å². The molecule has 0 heteroatoms. The molecule has 0 heterocycles. The molecule has 0 unspecified atom stereocenters. The van der Waals surface area contributed by atoms with E-state index in [1.807, 2.05) is 0 Å². The quantitative estimate of drug-likeness (QED) is 0.0701. The topological polar surface area (TPSA) is 0 Å². The molecule has 0 aliphatic heterocycles. The van der Waals surface area contributed by atoms with E-state index in [2.05, 4.69) is 27.7 Å². The zero-order valence-corrected chi connectivity index (χ0v) is 28.5. The molecule has 0 amide bonds. The summed E-state index contributed by atoms with van der Waals surface area (Å²) in [5.74, 6) is 1.89. The van der Waals surface area contributed by atoms with Crippen molar-refractivity contribution in [3.05, 3.63) is 0 Å². The van der Waals surface area contributed by atoms with Crippen LogP contribution in [0, 0.1) is 11.8 Å². The molecule has 0 rings (SSSR count). The van der Waals surface area contributed by atoms with Crippen LogP contribution in [0.4, 0.5) is 0 Å². The Balaban J connectivity index is 3.25. The lowest BCUT2D eigenvalue weighted by molar-refractivity contribution is 0.356. The van der Waals surface area contributed by atoms with Crippen LogP contribution < -0.4 is 0 Å². The Morgan fingerprint density at radius 2 is 0.436 bits per heavy atom. The van der Waals surface area contributed by atoms with E-state index in [0.29, 0.717) is 0 Å². The molecule has 39 heavy (non-hydrogen) atoms. The normalized spacial score (nSPS) is 13.2. The van der Waals surface area contributed by atoms with Crippen LogP contribution in [0.2, 0.25) is 0 Å². The zero-order valence-electron chi connectivity index (χ0n) is 28.5. The number of rotatable bonds is 34. The molecule has 0 spiro atoms. The summed E-state index contributed by atoms with van der Waals surface area (Å²) in [5.41, 5.74) is 0. The van der Waals surface area contributed by atoms with Crippen molar-refractivity contribution in [2.24, 2.45) is 11.8 Å². The molecule has 236 valence electrons. The lowest BCUT2D eigenvalue weighted by atomic mass is 9.89. The highest BCUT2D eigenvalue weighted by Gasteiger charge is 2.09. The van der Waals surface area contributed by atoms with Crippen LogP contribution in [-0.4, -0.2) is 0 Å². The van der Waals surface area contributed by atoms with Gasteiger partial charge in [-0.3, -0.25) is 0 Å². The Labute approximate surface area is 251 Å². The summed E-state index contributed by atoms with van der Waals surface area (Å²) in [4.78, 5) is 0. The fraction of sp³-hybridized carbons (Fsp3) is 1.00. The molecule has 0 aliphatic rings. The van der Waals surface area contributed by atoms with Gasteiger partial charge in [-0.05, 0) is 18.3 Å². The predicted octanol–water partition coefficient (Wildman–Crippen LogP) is 15.2. The first-order valence-electron chi connectivity index (χ1n) is 19.2. The second kappa shape index (κ2) is 34.2. The number of hydrogen-bond donors (Lipinski definition) is 0. The Morgan fingerprint density at radius 1 is 0.256 bits per heavy atom. The third-order valence-corrected chi connectivity index (χ3v) is 9.41. The van der Waals surface area contributed by atoms with Crippen molar-refractivity contribution in [3.63, 3.8) is 0 Å². The van der Waals surface area contributed by atoms with E-state index in [0.717, 1.165) is 11.8 Å². The van der Waals surface area contributed by atoms with Crippen LogP contribution in [0.15, 0.2) is 0 Å². The van der Waals surface area contributed by atoms with Gasteiger partial charge in [-0.25, -0.2) is 0 Å². The van der Waals surface area contributed by atoms with Crippen molar-refractivity contribution in [2.45, 2.75) is 240 Å². The van der Waals surface area contributed by atoms with Gasteiger partial charge in [-0.15, -0.1) is 0 Å². The largest absolute Gasteiger partial charge is 0.0654 e. The van der Waals surface area contributed by atoms with E-state index in [-0.39, 0.29) is 0 Å². The van der Waals surface area contributed by atoms with Crippen molar-refractivity contribution in [3.8, 4) is 0 Å². The van der Waals surface area contributed by atoms with Gasteiger partial charge in [0.05, 0.1) is 0 Å². The summed E-state index contributed by atoms with van der Waals surface area (Å²) in [5, 5.41) is 0. The lowest BCUT2D eigenvalue weighted by Crippen LogP contribution is -2.03. The maximum absolute atomic E-state index is 2.52. The zero-order chi connectivity index (χ0) is 28.5. The van der Waals surface area contributed by atoms with Gasteiger partial charge in [0.15, 0.2) is 0 Å². The summed E-state index contributed by atoms with van der Waals surface area (Å²) >= 11 is 0. The fourth-order valence-corrected chi connectivity index (χ4v) is 6.65. The van der Waals surface area contributed by atoms with E-state index < -0.39 is 0 Å². The van der Waals surface area contributed by atoms with Gasteiger partial charge < -0.3 is 0 Å². The third-order valence-electron chi connectivity index (χ3n) is 9.41. The fourth-order valence-electron chi connectivity index (χ4n) is 6.65. The summed E-state index contributed by atoms with van der Waals surface area (Å²) < 4.78 is 0. The summed E-state index contributed by atoms with van der Waals surface area (Å²) in [7, 11) is 0. The average Bonchev–Trinajstić information content (AvgIpc) is 2.93. The highest BCUT2D eigenvalue weighted by atomic mass is 14.1. The maximum Gasteiger partial charge on any atom is -0.0440 e. The molecule has 0 aromatic heterocycles. The Bertz CT molecular complexity index is 412. The van der Waals surface area contributed by atoms with Crippen LogP contribution >= 0.6 is 0 Å². The van der Waals surface area contributed by atoms with E-state index in [4.69, 9.17) is 0 Å². The second-order valence-electron chi connectivity index (χ2n) is 13.9. The average molecular weight is 549 g/mol. The van der Waals surface area contributed by atoms with E-state index in [1.54, 1.807) is 0 Å². The monoisotopic (exact) mass is 549 g/mol. The van der Waals surface area contributed by atoms with Gasteiger partial charge in [0.1, 0.15) is 0 Å². The first kappa shape index (κ1) is 39.0. The smallest absolute Gasteiger partial charge is 0.0440 e. The molecule has 0 N–H and O–H groups in total. The molecule has 2 atom stereocenters. The van der Waals surface area contributed by atoms with Crippen molar-refractivity contribution >= 4 is 0 Å². The number of unbranched alkanes of at least 4 members (excludes halogenated alkanes) is 28. The molecule has 0 bridgehead atoms. The number of hydrogen-bond acceptors (Lipinski definition) is 0. The Morgan fingerprint density at radius 3 is 0.641 bits per heavy atom. The van der Waals surface area contributed by atoms with Gasteiger partial charge in [0.2, 0.25) is 0 Å². The van der Waals surface area contributed by atoms with E-state index in [9.17, 15) is 0 Å². The minimum atomic E-state index is 0.943. The lowest BCUT2D eigenvalue weighted by Gasteiger charge is -2.17. The van der Waals surface area contributed by atoms with Crippen molar-refractivity contribution in [2.75, 3.05) is 0 Å². The maximum atomic E-state index is 2.52. The first-order valence-corrected chi connectivity index (χ1v) is 19.2. The molecule has 0 radical (unpaired) electrons. The minimum Gasteiger partial charge on any atom is -0.0654 e. The van der Waals surface area contributed by atoms with E-state index >= 15 is 0 Å². The van der Waals surface area contributed by atoms with Crippen molar-refractivity contribution in [1.82, 2.24) is 0 Å². The molecule has 0 nitrogen and oxygen atoms in total. The molecule has 0 saturated heterocycles. The summed E-state index contributed by atoms with van der Waals surface area (Å²) in [6.07, 6.45) is 48.6. The van der Waals surface area contributed by atoms with Gasteiger partial charge >= 0.3 is 0 Å². The highest BCUT2D eigenvalue weighted by Crippen LogP contribution is 2.23. The molecule has 0 aromatic rings. The summed E-state index contributed by atoms with van der Waals surface area (Å²) in [6.45, 7) is 9.66. The molecule has 0 aromatic carbocycles. The minimum absolute atomic E-state index is 0.943. The van der Waals surface area contributed by atoms with Crippen LogP contribution in [-0.2, 0) is 0 Å². The van der Waals surface area contributed by atoms with Gasteiger partial charge in [-0.1, -0.05) is 233 Å². The standard InChI is InChI=1S/C39H80/c1-5-7-9-11-13-15-17-19-20-21-22-23-24-26-28-30-32-34-36-39(4)37-38(3)35-33-31-29-27-25-18-16-14-12-10-8-6-2/h38-39H,5-37H2,1-4H3/t38-,39+/m1/s1. The van der Waals surface area contributed by atoms with Gasteiger partial charge in [-0.2, -0.15) is 0 Å². The SMILES string of the molecule is CCCCCCCCCCCCCCCCCCCC[C@H](C)C[C@H](C)CCCCCCCCCCCCCC. The summed E-state index contributed by atoms with van der Waals surface area (Å²) in [6, 6.07) is 0. The highest BCUT2D eigenvalue weighted by molar-refractivity contribution is 4.61. The Hall–Kier alpha value is 0. The van der Waals surface area contributed by atoms with Crippen molar-refractivity contribution < 1.29 is 0 Å². The Kier molecular flexibility index (Phi) is 34.2. The van der Waals surface area contributed by atoms with E-state index in [1.165, 1.54) is 212 Å². The molecular weight excluding hydrogens is 468 g/mol. The van der Waals surface area contributed by atoms with Crippen LogP contribution in [0.3, 0.4) is 0 Å². The van der Waals surface area contributed by atoms with Gasteiger partial charge in [0, 0.05) is 0 Å². The second-order valence-corrected chi connectivity index (χ2v) is 13.9. The molecule has 0 aliphatic carbocycles. The molecule has 0 fully saturated rings. The van der Waals surface area contributed by atoms with Crippen LogP contribution in [0.1, 0.15) is 240 Å². The first-order chi connectivity index (χ1) is 19.2. The third kappa shape index (κ3) is 34.1. The predicted molar refractivity (Wildman–Crippen MR) is 182 cm³/mol.